The van der Waals surface area contributed by atoms with E-state index in [0.717, 1.165) is 46.8 Å². The van der Waals surface area contributed by atoms with Crippen molar-refractivity contribution >= 4 is 11.6 Å². The minimum absolute atomic E-state index is 0.00867. The number of para-hydroxylation sites is 1. The second-order valence-electron chi connectivity index (χ2n) is 8.13. The topological polar surface area (TPSA) is 78.7 Å². The molecule has 4 rings (SSSR count). The zero-order chi connectivity index (χ0) is 23.8. The van der Waals surface area contributed by atoms with Crippen LogP contribution < -0.4 is 4.90 Å². The highest BCUT2D eigenvalue weighted by atomic mass is 16.5. The van der Waals surface area contributed by atoms with E-state index in [2.05, 4.69) is 29.4 Å². The third-order valence-electron chi connectivity index (χ3n) is 5.71. The molecule has 0 saturated carbocycles. The molecule has 0 aliphatic carbocycles. The third kappa shape index (κ3) is 5.52. The number of ether oxygens (including phenoxy) is 3. The van der Waals surface area contributed by atoms with E-state index in [1.807, 2.05) is 41.1 Å². The Morgan fingerprint density at radius 3 is 2.26 bits per heavy atom. The van der Waals surface area contributed by atoms with Gasteiger partial charge in [0.15, 0.2) is 0 Å². The first-order valence-electron chi connectivity index (χ1n) is 11.8. The lowest BCUT2D eigenvalue weighted by molar-refractivity contribution is -0.116. The average molecular weight is 465 g/mol. The molecule has 1 aromatic heterocycles. The Morgan fingerprint density at radius 2 is 1.53 bits per heavy atom. The van der Waals surface area contributed by atoms with Gasteiger partial charge in [-0.05, 0) is 18.1 Å². The number of benzene rings is 2. The van der Waals surface area contributed by atoms with Crippen LogP contribution in [0.3, 0.4) is 0 Å². The summed E-state index contributed by atoms with van der Waals surface area (Å²) in [7, 11) is 0. The number of anilines is 1. The second kappa shape index (κ2) is 11.9. The zero-order valence-corrected chi connectivity index (χ0v) is 19.9. The lowest BCUT2D eigenvalue weighted by atomic mass is 9.95. The van der Waals surface area contributed by atoms with Crippen LogP contribution in [-0.2, 0) is 32.1 Å². The minimum atomic E-state index is -0.00867. The van der Waals surface area contributed by atoms with Gasteiger partial charge in [0.2, 0.25) is 5.91 Å². The van der Waals surface area contributed by atoms with Gasteiger partial charge in [-0.1, -0.05) is 54.6 Å². The number of fused-ring (bicyclic) bond motifs is 5. The van der Waals surface area contributed by atoms with E-state index in [1.165, 1.54) is 0 Å². The molecular weight excluding hydrogens is 432 g/mol. The molecule has 1 aliphatic rings. The van der Waals surface area contributed by atoms with Crippen molar-refractivity contribution in [3.63, 3.8) is 0 Å². The van der Waals surface area contributed by atoms with E-state index in [-0.39, 0.29) is 5.91 Å². The van der Waals surface area contributed by atoms with Crippen LogP contribution in [0.4, 0.5) is 5.69 Å². The van der Waals surface area contributed by atoms with Crippen LogP contribution in [0, 0.1) is 0 Å². The van der Waals surface area contributed by atoms with Gasteiger partial charge in [0.05, 0.1) is 57.5 Å². The van der Waals surface area contributed by atoms with Gasteiger partial charge in [-0.15, -0.1) is 5.10 Å². The normalized spacial score (nSPS) is 12.5. The van der Waals surface area contributed by atoms with Crippen molar-refractivity contribution in [2.45, 2.75) is 33.4 Å². The van der Waals surface area contributed by atoms with Gasteiger partial charge in [-0.2, -0.15) is 0 Å². The largest absolute Gasteiger partial charge is 0.379 e. The fourth-order valence-electron chi connectivity index (χ4n) is 4.09. The van der Waals surface area contributed by atoms with E-state index in [4.69, 9.17) is 14.2 Å². The Morgan fingerprint density at radius 1 is 0.882 bits per heavy atom. The van der Waals surface area contributed by atoms with Crippen LogP contribution in [0.25, 0.3) is 22.5 Å². The van der Waals surface area contributed by atoms with Crippen LogP contribution in [0.15, 0.2) is 48.5 Å². The summed E-state index contributed by atoms with van der Waals surface area (Å²) in [6, 6.07) is 16.0. The lowest BCUT2D eigenvalue weighted by Gasteiger charge is -2.27. The Balaban J connectivity index is 1.49. The fourth-order valence-corrected chi connectivity index (χ4v) is 4.09. The Bertz CT molecular complexity index is 1100. The van der Waals surface area contributed by atoms with E-state index < -0.39 is 0 Å². The highest BCUT2D eigenvalue weighted by molar-refractivity contribution is 5.99. The Labute approximate surface area is 200 Å². The Kier molecular flexibility index (Phi) is 8.41. The zero-order valence-electron chi connectivity index (χ0n) is 19.9. The van der Waals surface area contributed by atoms with Gasteiger partial charge in [0.1, 0.15) is 5.69 Å². The summed E-state index contributed by atoms with van der Waals surface area (Å²) < 4.78 is 18.6. The van der Waals surface area contributed by atoms with Gasteiger partial charge < -0.3 is 19.1 Å². The summed E-state index contributed by atoms with van der Waals surface area (Å²) in [5.74, 6) is -0.00867. The summed E-state index contributed by atoms with van der Waals surface area (Å²) >= 11 is 0. The number of amides is 1. The molecule has 0 atom stereocenters. The van der Waals surface area contributed by atoms with Gasteiger partial charge in [-0.25, -0.2) is 4.68 Å². The standard InChI is InChI=1S/C26H32N4O4/c1-3-13-32-15-17-34-18-16-33-14-12-30-26-22-9-5-4-8-21(22)19-29(20(2)31)24-11-7-6-10-23(24)25(26)27-28-30/h4-11H,3,12-19H2,1-2H3. The molecule has 2 heterocycles. The van der Waals surface area contributed by atoms with Crippen molar-refractivity contribution in [1.29, 1.82) is 0 Å². The minimum Gasteiger partial charge on any atom is -0.379 e. The number of nitrogens with zero attached hydrogens (tertiary/aromatic N) is 4. The number of carbonyl (C=O) groups is 1. The molecule has 0 bridgehead atoms. The van der Waals surface area contributed by atoms with Crippen LogP contribution in [-0.4, -0.2) is 60.5 Å². The van der Waals surface area contributed by atoms with Crippen LogP contribution in [0.1, 0.15) is 25.8 Å². The smallest absolute Gasteiger partial charge is 0.224 e. The Hall–Kier alpha value is -3.07. The molecule has 0 unspecified atom stereocenters. The molecule has 0 spiro atoms. The average Bonchev–Trinajstić information content (AvgIpc) is 3.25. The maximum atomic E-state index is 12.5. The molecular formula is C26H32N4O4. The highest BCUT2D eigenvalue weighted by Crippen LogP contribution is 2.40. The molecule has 180 valence electrons. The summed E-state index contributed by atoms with van der Waals surface area (Å²) in [5, 5.41) is 9.00. The molecule has 2 aromatic carbocycles. The van der Waals surface area contributed by atoms with Gasteiger partial charge in [-0.3, -0.25) is 4.79 Å². The third-order valence-corrected chi connectivity index (χ3v) is 5.71. The molecule has 34 heavy (non-hydrogen) atoms. The molecule has 1 amide bonds. The number of aromatic nitrogens is 3. The first-order valence-corrected chi connectivity index (χ1v) is 11.8. The predicted molar refractivity (Wildman–Crippen MR) is 131 cm³/mol. The van der Waals surface area contributed by atoms with Crippen molar-refractivity contribution in [2.75, 3.05) is 44.5 Å². The quantitative estimate of drug-likeness (QED) is 0.400. The first-order chi connectivity index (χ1) is 16.7. The van der Waals surface area contributed by atoms with Crippen molar-refractivity contribution in [2.24, 2.45) is 0 Å². The van der Waals surface area contributed by atoms with Crippen LogP contribution in [0.5, 0.6) is 0 Å². The highest BCUT2D eigenvalue weighted by Gasteiger charge is 2.27. The lowest BCUT2D eigenvalue weighted by Crippen LogP contribution is -2.29. The second-order valence-corrected chi connectivity index (χ2v) is 8.13. The van der Waals surface area contributed by atoms with Crippen LogP contribution in [0.2, 0.25) is 0 Å². The summed E-state index contributed by atoms with van der Waals surface area (Å²) in [5.41, 5.74) is 5.53. The maximum absolute atomic E-state index is 12.5. The van der Waals surface area contributed by atoms with Gasteiger partial charge in [0.25, 0.3) is 0 Å². The first kappa shape index (κ1) is 24.1. The molecule has 1 aliphatic heterocycles. The number of hydrogen-bond acceptors (Lipinski definition) is 6. The molecule has 8 nitrogen and oxygen atoms in total. The number of carbonyl (C=O) groups excluding carboxylic acids is 1. The molecule has 0 saturated heterocycles. The monoisotopic (exact) mass is 464 g/mol. The predicted octanol–water partition coefficient (Wildman–Crippen LogP) is 3.94. The molecule has 0 N–H and O–H groups in total. The van der Waals surface area contributed by atoms with Crippen molar-refractivity contribution < 1.29 is 19.0 Å². The molecule has 0 radical (unpaired) electrons. The van der Waals surface area contributed by atoms with E-state index in [9.17, 15) is 4.79 Å². The summed E-state index contributed by atoms with van der Waals surface area (Å²) in [6.45, 7) is 8.23. The summed E-state index contributed by atoms with van der Waals surface area (Å²) in [6.07, 6.45) is 1.01. The van der Waals surface area contributed by atoms with Crippen molar-refractivity contribution in [3.05, 3.63) is 54.1 Å². The van der Waals surface area contributed by atoms with Gasteiger partial charge in [0, 0.05) is 24.7 Å². The van der Waals surface area contributed by atoms with E-state index in [0.29, 0.717) is 46.1 Å². The van der Waals surface area contributed by atoms with Crippen LogP contribution >= 0.6 is 0 Å². The van der Waals surface area contributed by atoms with E-state index in [1.54, 1.807) is 11.8 Å². The molecule has 0 fully saturated rings. The van der Waals surface area contributed by atoms with Crippen molar-refractivity contribution in [3.8, 4) is 22.5 Å². The van der Waals surface area contributed by atoms with Crippen molar-refractivity contribution in [1.82, 2.24) is 15.0 Å². The maximum Gasteiger partial charge on any atom is 0.224 e. The molecule has 3 aromatic rings. The SMILES string of the molecule is CCCOCCOCCOCCn1nnc2c1-c1ccccc1CN(C(C)=O)c1ccccc1-2. The van der Waals surface area contributed by atoms with E-state index >= 15 is 0 Å². The fraction of sp³-hybridized carbons (Fsp3) is 0.423. The summed E-state index contributed by atoms with van der Waals surface area (Å²) in [4.78, 5) is 14.3. The van der Waals surface area contributed by atoms with Gasteiger partial charge >= 0.3 is 0 Å². The number of rotatable bonds is 11. The molecule has 8 heteroatoms. The number of hydrogen-bond donors (Lipinski definition) is 0.